The van der Waals surface area contributed by atoms with Crippen molar-refractivity contribution in [3.8, 4) is 0 Å². The molecule has 3 unspecified atom stereocenters. The molecule has 11 heteroatoms. The van der Waals surface area contributed by atoms with Crippen molar-refractivity contribution >= 4 is 49.0 Å². The molecule has 1 aliphatic rings. The van der Waals surface area contributed by atoms with Gasteiger partial charge >= 0.3 is 0 Å². The molecule has 2 amide bonds. The van der Waals surface area contributed by atoms with Crippen molar-refractivity contribution in [2.75, 3.05) is 13.1 Å². The number of Topliss-reactive ketones (excluding diaryl/α,β-unsaturated/α-hetero) is 1. The number of ketones is 1. The van der Waals surface area contributed by atoms with Crippen LogP contribution in [0.15, 0.2) is 59.8 Å². The zero-order valence-corrected chi connectivity index (χ0v) is 23.2. The maximum atomic E-state index is 13.3. The largest absolute Gasteiger partial charge is 0.344 e. The van der Waals surface area contributed by atoms with E-state index in [-0.39, 0.29) is 42.3 Å². The van der Waals surface area contributed by atoms with E-state index in [0.29, 0.717) is 11.3 Å². The summed E-state index contributed by atoms with van der Waals surface area (Å²) in [6, 6.07) is 12.4. The minimum Gasteiger partial charge on any atom is -0.344 e. The number of nitrogens with one attached hydrogen (secondary N) is 2. The SMILES string of the molecule is CC(C)CC(NC(=O)c1cc2ccccc2s1)C(=O)NC1CC(C)CN(S(=O)(=O)c2ccccn2)CC1=O. The second kappa shape index (κ2) is 11.7. The lowest BCUT2D eigenvalue weighted by atomic mass is 9.98. The molecule has 3 atom stereocenters. The average molecular weight is 557 g/mol. The van der Waals surface area contributed by atoms with Gasteiger partial charge in [-0.3, -0.25) is 14.4 Å². The lowest BCUT2D eigenvalue weighted by Gasteiger charge is -2.23. The maximum Gasteiger partial charge on any atom is 0.262 e. The van der Waals surface area contributed by atoms with Crippen LogP contribution in [0.5, 0.6) is 0 Å². The summed E-state index contributed by atoms with van der Waals surface area (Å²) in [5.74, 6) is -1.29. The first-order chi connectivity index (χ1) is 18.0. The van der Waals surface area contributed by atoms with Crippen LogP contribution < -0.4 is 10.6 Å². The molecule has 1 fully saturated rings. The number of pyridine rings is 1. The molecule has 38 heavy (non-hydrogen) atoms. The molecule has 0 bridgehead atoms. The zero-order valence-electron chi connectivity index (χ0n) is 21.6. The fourth-order valence-corrected chi connectivity index (χ4v) is 6.98. The quantitative estimate of drug-likeness (QED) is 0.439. The average Bonchev–Trinajstić information content (AvgIpc) is 3.26. The van der Waals surface area contributed by atoms with Crippen molar-refractivity contribution in [2.24, 2.45) is 11.8 Å². The maximum absolute atomic E-state index is 13.3. The fraction of sp³-hybridized carbons (Fsp3) is 0.407. The van der Waals surface area contributed by atoms with Gasteiger partial charge in [0, 0.05) is 17.4 Å². The second-order valence-electron chi connectivity index (χ2n) is 10.1. The molecule has 0 spiro atoms. The first-order valence-corrected chi connectivity index (χ1v) is 14.8. The molecular weight excluding hydrogens is 524 g/mol. The number of aromatic nitrogens is 1. The van der Waals surface area contributed by atoms with Gasteiger partial charge in [0.05, 0.1) is 17.5 Å². The van der Waals surface area contributed by atoms with Crippen LogP contribution in [0, 0.1) is 11.8 Å². The minimum absolute atomic E-state index is 0.108. The first kappa shape index (κ1) is 27.9. The van der Waals surface area contributed by atoms with E-state index in [1.807, 2.05) is 45.0 Å². The molecule has 3 aromatic rings. The number of fused-ring (bicyclic) bond motifs is 1. The summed E-state index contributed by atoms with van der Waals surface area (Å²) >= 11 is 1.35. The normalized spacial score (nSPS) is 19.7. The molecule has 0 aliphatic carbocycles. The van der Waals surface area contributed by atoms with E-state index in [2.05, 4.69) is 15.6 Å². The number of carbonyl (C=O) groups is 3. The van der Waals surface area contributed by atoms with Crippen molar-refractivity contribution < 1.29 is 22.8 Å². The van der Waals surface area contributed by atoms with Crippen molar-refractivity contribution in [2.45, 2.75) is 50.7 Å². The van der Waals surface area contributed by atoms with Gasteiger partial charge in [-0.1, -0.05) is 45.0 Å². The third-order valence-corrected chi connectivity index (χ3v) is 9.25. The number of rotatable bonds is 8. The number of hydrogen-bond acceptors (Lipinski definition) is 7. The van der Waals surface area contributed by atoms with Gasteiger partial charge in [0.15, 0.2) is 10.8 Å². The Morgan fingerprint density at radius 3 is 2.58 bits per heavy atom. The Balaban J connectivity index is 1.47. The first-order valence-electron chi connectivity index (χ1n) is 12.6. The number of sulfonamides is 1. The standard InChI is InChI=1S/C27H32N4O5S2/c1-17(2)12-21(30-27(34)24-14-19-8-4-5-9-23(19)37-24)26(33)29-20-13-18(3)15-31(16-22(20)32)38(35,36)25-10-6-7-11-28-25/h4-11,14,17-18,20-21H,12-13,15-16H2,1-3H3,(H,29,33)(H,30,34). The molecule has 2 aromatic heterocycles. The van der Waals surface area contributed by atoms with E-state index in [4.69, 9.17) is 0 Å². The summed E-state index contributed by atoms with van der Waals surface area (Å²) in [4.78, 5) is 44.0. The van der Waals surface area contributed by atoms with Gasteiger partial charge in [-0.05, 0) is 54.3 Å². The highest BCUT2D eigenvalue weighted by Gasteiger charge is 2.37. The lowest BCUT2D eigenvalue weighted by Crippen LogP contribution is -2.52. The van der Waals surface area contributed by atoms with E-state index in [1.165, 1.54) is 23.6 Å². The molecule has 1 aromatic carbocycles. The summed E-state index contributed by atoms with van der Waals surface area (Å²) in [6.07, 6.45) is 2.07. The Hall–Kier alpha value is -3.15. The predicted molar refractivity (Wildman–Crippen MR) is 146 cm³/mol. The monoisotopic (exact) mass is 556 g/mol. The van der Waals surface area contributed by atoms with Crippen molar-refractivity contribution in [1.82, 2.24) is 19.9 Å². The number of benzene rings is 1. The van der Waals surface area contributed by atoms with Gasteiger partial charge < -0.3 is 10.6 Å². The Morgan fingerprint density at radius 2 is 1.89 bits per heavy atom. The Labute approximate surface area is 226 Å². The molecule has 4 rings (SSSR count). The van der Waals surface area contributed by atoms with Gasteiger partial charge in [-0.25, -0.2) is 13.4 Å². The van der Waals surface area contributed by atoms with E-state index in [9.17, 15) is 22.8 Å². The smallest absolute Gasteiger partial charge is 0.262 e. The highest BCUT2D eigenvalue weighted by atomic mass is 32.2. The summed E-state index contributed by atoms with van der Waals surface area (Å²) in [6.45, 7) is 5.51. The van der Waals surface area contributed by atoms with E-state index < -0.39 is 33.8 Å². The van der Waals surface area contributed by atoms with E-state index in [1.54, 1.807) is 18.2 Å². The molecule has 9 nitrogen and oxygen atoms in total. The lowest BCUT2D eigenvalue weighted by molar-refractivity contribution is -0.129. The summed E-state index contributed by atoms with van der Waals surface area (Å²) in [7, 11) is -3.96. The Kier molecular flexibility index (Phi) is 8.59. The third kappa shape index (κ3) is 6.46. The van der Waals surface area contributed by atoms with Gasteiger partial charge in [-0.15, -0.1) is 11.3 Å². The van der Waals surface area contributed by atoms with Crippen LogP contribution in [0.1, 0.15) is 43.3 Å². The number of carbonyl (C=O) groups excluding carboxylic acids is 3. The fourth-order valence-electron chi connectivity index (χ4n) is 4.56. The highest BCUT2D eigenvalue weighted by Crippen LogP contribution is 2.26. The minimum atomic E-state index is -3.96. The van der Waals surface area contributed by atoms with Gasteiger partial charge in [-0.2, -0.15) is 4.31 Å². The molecule has 3 heterocycles. The van der Waals surface area contributed by atoms with Crippen molar-refractivity contribution in [3.63, 3.8) is 0 Å². The van der Waals surface area contributed by atoms with Gasteiger partial charge in [0.1, 0.15) is 6.04 Å². The van der Waals surface area contributed by atoms with Crippen molar-refractivity contribution in [1.29, 1.82) is 0 Å². The molecule has 1 aliphatic heterocycles. The molecular formula is C27H32N4O5S2. The number of thiophene rings is 1. The summed E-state index contributed by atoms with van der Waals surface area (Å²) in [5, 5.41) is 6.48. The van der Waals surface area contributed by atoms with Crippen LogP contribution in [0.2, 0.25) is 0 Å². The molecule has 0 saturated carbocycles. The molecule has 202 valence electrons. The molecule has 1 saturated heterocycles. The van der Waals surface area contributed by atoms with Crippen LogP contribution in [0.25, 0.3) is 10.1 Å². The number of hydrogen-bond donors (Lipinski definition) is 2. The zero-order chi connectivity index (χ0) is 27.4. The van der Waals surface area contributed by atoms with Crippen LogP contribution >= 0.6 is 11.3 Å². The van der Waals surface area contributed by atoms with Crippen LogP contribution in [0.4, 0.5) is 0 Å². The number of amides is 2. The topological polar surface area (TPSA) is 126 Å². The van der Waals surface area contributed by atoms with Crippen molar-refractivity contribution in [3.05, 3.63) is 59.6 Å². The van der Waals surface area contributed by atoms with E-state index >= 15 is 0 Å². The second-order valence-corrected chi connectivity index (χ2v) is 13.1. The summed E-state index contributed by atoms with van der Waals surface area (Å²) < 4.78 is 28.3. The van der Waals surface area contributed by atoms with Gasteiger partial charge in [0.2, 0.25) is 5.91 Å². The Morgan fingerprint density at radius 1 is 1.16 bits per heavy atom. The number of nitrogens with zero attached hydrogens (tertiary/aromatic N) is 2. The van der Waals surface area contributed by atoms with Crippen LogP contribution in [0.3, 0.4) is 0 Å². The summed E-state index contributed by atoms with van der Waals surface area (Å²) in [5.41, 5.74) is 0. The Bertz CT molecular complexity index is 1390. The molecule has 2 N–H and O–H groups in total. The van der Waals surface area contributed by atoms with Crippen LogP contribution in [-0.4, -0.2) is 60.5 Å². The highest BCUT2D eigenvalue weighted by molar-refractivity contribution is 7.89. The predicted octanol–water partition coefficient (Wildman–Crippen LogP) is 3.23. The molecule has 0 radical (unpaired) electrons. The van der Waals surface area contributed by atoms with Gasteiger partial charge in [0.25, 0.3) is 15.9 Å². The third-order valence-electron chi connectivity index (χ3n) is 6.41. The van der Waals surface area contributed by atoms with E-state index in [0.717, 1.165) is 14.4 Å². The van der Waals surface area contributed by atoms with Crippen LogP contribution in [-0.2, 0) is 19.6 Å².